The van der Waals surface area contributed by atoms with Gasteiger partial charge in [-0.2, -0.15) is 5.10 Å². The molecule has 2 aromatic heterocycles. The molecule has 1 aromatic carbocycles. The van der Waals surface area contributed by atoms with E-state index in [0.717, 1.165) is 16.7 Å². The zero-order chi connectivity index (χ0) is 19.9. The largest absolute Gasteiger partial charge is 0.398 e. The van der Waals surface area contributed by atoms with Crippen LogP contribution in [-0.2, 0) is 24.7 Å². The monoisotopic (exact) mass is 374 g/mol. The van der Waals surface area contributed by atoms with Gasteiger partial charge in [0.1, 0.15) is 11.5 Å². The highest BCUT2D eigenvalue weighted by atomic mass is 16.1. The molecule has 0 saturated heterocycles. The number of nitrogens with zero attached hydrogens (tertiary/aromatic N) is 3. The Morgan fingerprint density at radius 2 is 1.93 bits per heavy atom. The first-order valence-corrected chi connectivity index (χ1v) is 8.99. The molecule has 0 amide bonds. The Balaban J connectivity index is 1.53. The lowest BCUT2D eigenvalue weighted by Gasteiger charge is -2.05. The van der Waals surface area contributed by atoms with Crippen LogP contribution >= 0.6 is 0 Å². The standard InChI is InChI=1S/C22H22N4O2/c1-26-15-17(14-25-26)5-4-7-19(27)11-16-9-10-21(24-13-16)22(28)12-18-6-2-3-8-20(18)23/h2-6,8-10,13-15H,7,11-12,23H2,1H3/b5-4+. The number of Topliss-reactive ketones (excluding diaryl/α,β-unsaturated/α-hetero) is 2. The zero-order valence-electron chi connectivity index (χ0n) is 15.7. The van der Waals surface area contributed by atoms with Crippen LogP contribution in [0, 0.1) is 0 Å². The van der Waals surface area contributed by atoms with Crippen molar-refractivity contribution in [1.82, 2.24) is 14.8 Å². The molecule has 2 heterocycles. The van der Waals surface area contributed by atoms with E-state index in [1.165, 1.54) is 0 Å². The van der Waals surface area contributed by atoms with Crippen molar-refractivity contribution in [3.8, 4) is 0 Å². The van der Waals surface area contributed by atoms with Crippen LogP contribution in [0.5, 0.6) is 0 Å². The van der Waals surface area contributed by atoms with Crippen LogP contribution in [0.1, 0.15) is 33.6 Å². The highest BCUT2D eigenvalue weighted by Gasteiger charge is 2.11. The molecule has 142 valence electrons. The summed E-state index contributed by atoms with van der Waals surface area (Å²) >= 11 is 0. The second kappa shape index (κ2) is 8.90. The van der Waals surface area contributed by atoms with Gasteiger partial charge in [-0.3, -0.25) is 19.3 Å². The molecule has 6 nitrogen and oxygen atoms in total. The number of anilines is 1. The molecule has 0 aliphatic heterocycles. The molecule has 0 unspecified atom stereocenters. The Kier molecular flexibility index (Phi) is 6.11. The topological polar surface area (TPSA) is 90.9 Å². The molecule has 6 heteroatoms. The SMILES string of the molecule is Cn1cc(/C=C/CC(=O)Cc2ccc(C(=O)Cc3ccccc3N)nc2)cn1. The number of hydrogen-bond acceptors (Lipinski definition) is 5. The number of aryl methyl sites for hydroxylation is 1. The molecule has 0 spiro atoms. The number of carbonyl (C=O) groups is 2. The van der Waals surface area contributed by atoms with E-state index in [1.54, 1.807) is 35.3 Å². The van der Waals surface area contributed by atoms with Gasteiger partial charge in [0.2, 0.25) is 0 Å². The highest BCUT2D eigenvalue weighted by molar-refractivity contribution is 5.96. The van der Waals surface area contributed by atoms with Crippen molar-refractivity contribution >= 4 is 23.3 Å². The molecule has 2 N–H and O–H groups in total. The highest BCUT2D eigenvalue weighted by Crippen LogP contribution is 2.14. The number of ketones is 2. The lowest BCUT2D eigenvalue weighted by atomic mass is 10.0. The fourth-order valence-electron chi connectivity index (χ4n) is 2.81. The Bertz CT molecular complexity index is 1000. The maximum Gasteiger partial charge on any atom is 0.185 e. The molecule has 28 heavy (non-hydrogen) atoms. The summed E-state index contributed by atoms with van der Waals surface area (Å²) in [5.41, 5.74) is 9.38. The maximum atomic E-state index is 12.4. The lowest BCUT2D eigenvalue weighted by molar-refractivity contribution is -0.117. The fourth-order valence-corrected chi connectivity index (χ4v) is 2.81. The van der Waals surface area contributed by atoms with Crippen molar-refractivity contribution in [3.63, 3.8) is 0 Å². The molecule has 0 atom stereocenters. The van der Waals surface area contributed by atoms with E-state index >= 15 is 0 Å². The van der Waals surface area contributed by atoms with E-state index in [0.29, 0.717) is 17.8 Å². The zero-order valence-corrected chi connectivity index (χ0v) is 15.7. The third kappa shape index (κ3) is 5.23. The fraction of sp³-hybridized carbons (Fsp3) is 0.182. The first-order valence-electron chi connectivity index (χ1n) is 8.99. The molecule has 0 saturated carbocycles. The van der Waals surface area contributed by atoms with Crippen LogP contribution in [0.15, 0.2) is 61.1 Å². The number of carbonyl (C=O) groups excluding carboxylic acids is 2. The minimum atomic E-state index is -0.102. The lowest BCUT2D eigenvalue weighted by Crippen LogP contribution is -2.08. The van der Waals surface area contributed by atoms with Crippen molar-refractivity contribution in [2.45, 2.75) is 19.3 Å². The van der Waals surface area contributed by atoms with Crippen LogP contribution in [0.25, 0.3) is 6.08 Å². The van der Waals surface area contributed by atoms with Crippen LogP contribution in [0.3, 0.4) is 0 Å². The third-order valence-corrected chi connectivity index (χ3v) is 4.30. The average Bonchev–Trinajstić information content (AvgIpc) is 3.09. The maximum absolute atomic E-state index is 12.4. The van der Waals surface area contributed by atoms with Crippen LogP contribution < -0.4 is 5.73 Å². The van der Waals surface area contributed by atoms with Crippen molar-refractivity contribution in [1.29, 1.82) is 0 Å². The number of para-hydroxylation sites is 1. The van der Waals surface area contributed by atoms with Crippen LogP contribution in [0.2, 0.25) is 0 Å². The number of hydrogen-bond donors (Lipinski definition) is 1. The molecule has 0 radical (unpaired) electrons. The number of nitrogen functional groups attached to an aromatic ring is 1. The van der Waals surface area contributed by atoms with Gasteiger partial charge in [0, 0.05) is 50.0 Å². The number of allylic oxidation sites excluding steroid dienone is 1. The number of aromatic nitrogens is 3. The van der Waals surface area contributed by atoms with Gasteiger partial charge in [-0.15, -0.1) is 0 Å². The first-order chi connectivity index (χ1) is 13.5. The predicted octanol–water partition coefficient (Wildman–Crippen LogP) is 3.04. The van der Waals surface area contributed by atoms with E-state index < -0.39 is 0 Å². The normalized spacial score (nSPS) is 11.0. The summed E-state index contributed by atoms with van der Waals surface area (Å²) in [6.45, 7) is 0. The van der Waals surface area contributed by atoms with Gasteiger partial charge in [0.15, 0.2) is 5.78 Å². The number of pyridine rings is 1. The van der Waals surface area contributed by atoms with Gasteiger partial charge in [-0.25, -0.2) is 0 Å². The number of nitrogens with two attached hydrogens (primary N) is 1. The van der Waals surface area contributed by atoms with E-state index in [2.05, 4.69) is 10.1 Å². The number of benzene rings is 1. The average molecular weight is 374 g/mol. The Morgan fingerprint density at radius 3 is 2.61 bits per heavy atom. The molecule has 0 aliphatic carbocycles. The molecule has 0 bridgehead atoms. The minimum absolute atomic E-state index is 0.0816. The van der Waals surface area contributed by atoms with Crippen molar-refractivity contribution < 1.29 is 9.59 Å². The summed E-state index contributed by atoms with van der Waals surface area (Å²) in [6.07, 6.45) is 9.73. The van der Waals surface area contributed by atoms with Gasteiger partial charge < -0.3 is 5.73 Å². The smallest absolute Gasteiger partial charge is 0.185 e. The second-order valence-electron chi connectivity index (χ2n) is 6.62. The summed E-state index contributed by atoms with van der Waals surface area (Å²) in [5, 5.41) is 4.07. The molecule has 0 fully saturated rings. The number of rotatable bonds is 8. The quantitative estimate of drug-likeness (QED) is 0.483. The minimum Gasteiger partial charge on any atom is -0.398 e. The molecule has 3 rings (SSSR count). The van der Waals surface area contributed by atoms with Gasteiger partial charge in [0.05, 0.1) is 6.20 Å². The van der Waals surface area contributed by atoms with Crippen LogP contribution in [0.4, 0.5) is 5.69 Å². The molecular formula is C22H22N4O2. The van der Waals surface area contributed by atoms with Gasteiger partial charge in [-0.05, 0) is 23.3 Å². The summed E-state index contributed by atoms with van der Waals surface area (Å²) < 4.78 is 1.71. The second-order valence-corrected chi connectivity index (χ2v) is 6.62. The van der Waals surface area contributed by atoms with Gasteiger partial charge >= 0.3 is 0 Å². The van der Waals surface area contributed by atoms with Crippen molar-refractivity contribution in [2.75, 3.05) is 5.73 Å². The van der Waals surface area contributed by atoms with Crippen LogP contribution in [-0.4, -0.2) is 26.3 Å². The molecule has 0 aliphatic rings. The molecule has 3 aromatic rings. The van der Waals surface area contributed by atoms with E-state index in [-0.39, 0.29) is 24.4 Å². The summed E-state index contributed by atoms with van der Waals surface area (Å²) in [7, 11) is 1.85. The van der Waals surface area contributed by atoms with Gasteiger partial charge in [-0.1, -0.05) is 36.4 Å². The summed E-state index contributed by atoms with van der Waals surface area (Å²) in [6, 6.07) is 10.7. The third-order valence-electron chi connectivity index (χ3n) is 4.30. The van der Waals surface area contributed by atoms with Gasteiger partial charge in [0.25, 0.3) is 0 Å². The van der Waals surface area contributed by atoms with E-state index in [4.69, 9.17) is 5.73 Å². The molecular weight excluding hydrogens is 352 g/mol. The van der Waals surface area contributed by atoms with E-state index in [9.17, 15) is 9.59 Å². The Labute approximate surface area is 163 Å². The summed E-state index contributed by atoms with van der Waals surface area (Å²) in [5.74, 6) is -0.0201. The van der Waals surface area contributed by atoms with E-state index in [1.807, 2.05) is 43.6 Å². The Morgan fingerprint density at radius 1 is 1.11 bits per heavy atom. The first kappa shape index (κ1) is 19.2. The summed E-state index contributed by atoms with van der Waals surface area (Å²) in [4.78, 5) is 28.7. The van der Waals surface area contributed by atoms with Crippen molar-refractivity contribution in [3.05, 3.63) is 83.4 Å². The van der Waals surface area contributed by atoms with Crippen molar-refractivity contribution in [2.24, 2.45) is 7.05 Å². The predicted molar refractivity (Wildman–Crippen MR) is 109 cm³/mol. The Hall–Kier alpha value is -3.54.